The largest absolute Gasteiger partial charge is 0.467 e. The number of hydrogen-bond donors (Lipinski definition) is 2. The first-order valence-corrected chi connectivity index (χ1v) is 8.20. The van der Waals surface area contributed by atoms with Gasteiger partial charge in [-0.25, -0.2) is 9.59 Å². The summed E-state index contributed by atoms with van der Waals surface area (Å²) in [5, 5.41) is 5.09. The van der Waals surface area contributed by atoms with Crippen molar-refractivity contribution in [3.05, 3.63) is 29.8 Å². The van der Waals surface area contributed by atoms with E-state index in [1.807, 2.05) is 13.8 Å². The Morgan fingerprint density at radius 1 is 1.12 bits per heavy atom. The minimum absolute atomic E-state index is 0.122. The van der Waals surface area contributed by atoms with Crippen LogP contribution in [0, 0.1) is 5.92 Å². The first kappa shape index (κ1) is 21.1. The van der Waals surface area contributed by atoms with Crippen LogP contribution in [0.5, 0.6) is 0 Å². The number of methoxy groups -OCH3 is 1. The van der Waals surface area contributed by atoms with Gasteiger partial charge in [0, 0.05) is 12.6 Å². The van der Waals surface area contributed by atoms with Gasteiger partial charge in [0.05, 0.1) is 12.7 Å². The molecule has 8 heteroatoms. The second-order valence-electron chi connectivity index (χ2n) is 5.79. The van der Waals surface area contributed by atoms with E-state index in [1.165, 1.54) is 26.2 Å². The third-order valence-electron chi connectivity index (χ3n) is 3.76. The minimum atomic E-state index is -0.798. The van der Waals surface area contributed by atoms with E-state index in [-0.39, 0.29) is 17.4 Å². The molecule has 1 aromatic carbocycles. The van der Waals surface area contributed by atoms with Crippen LogP contribution in [0.2, 0.25) is 0 Å². The molecule has 2 amide bonds. The number of hydrogen-bond acceptors (Lipinski definition) is 6. The fourth-order valence-electron chi connectivity index (χ4n) is 2.12. The summed E-state index contributed by atoms with van der Waals surface area (Å²) in [6.07, 6.45) is 0.667. The highest BCUT2D eigenvalue weighted by Crippen LogP contribution is 2.11. The van der Waals surface area contributed by atoms with Crippen molar-refractivity contribution in [1.82, 2.24) is 5.32 Å². The summed E-state index contributed by atoms with van der Waals surface area (Å²) in [4.78, 5) is 46.6. The van der Waals surface area contributed by atoms with Gasteiger partial charge in [0.25, 0.3) is 5.91 Å². The molecule has 0 bridgehead atoms. The summed E-state index contributed by atoms with van der Waals surface area (Å²) < 4.78 is 9.63. The molecule has 0 unspecified atom stereocenters. The number of amides is 2. The highest BCUT2D eigenvalue weighted by Gasteiger charge is 2.27. The quantitative estimate of drug-likeness (QED) is 0.677. The Balaban J connectivity index is 2.58. The molecule has 0 aliphatic heterocycles. The maximum Gasteiger partial charge on any atom is 0.338 e. The Bertz CT molecular complexity index is 656. The number of esters is 2. The van der Waals surface area contributed by atoms with Gasteiger partial charge in [-0.2, -0.15) is 0 Å². The Morgan fingerprint density at radius 2 is 1.73 bits per heavy atom. The van der Waals surface area contributed by atoms with Crippen molar-refractivity contribution < 1.29 is 28.7 Å². The number of benzene rings is 1. The SMILES string of the molecule is CC[C@@H](C)[C@H](NC(=O)COC(=O)c1ccc(NC(C)=O)cc1)C(=O)OC. The van der Waals surface area contributed by atoms with E-state index in [0.717, 1.165) is 0 Å². The number of carbonyl (C=O) groups excluding carboxylic acids is 4. The smallest absolute Gasteiger partial charge is 0.338 e. The zero-order valence-electron chi connectivity index (χ0n) is 15.3. The average Bonchev–Trinajstić information content (AvgIpc) is 2.63. The van der Waals surface area contributed by atoms with Gasteiger partial charge in [-0.05, 0) is 30.2 Å². The fourth-order valence-corrected chi connectivity index (χ4v) is 2.12. The number of ether oxygens (including phenoxy) is 2. The Morgan fingerprint density at radius 3 is 2.23 bits per heavy atom. The molecule has 8 nitrogen and oxygen atoms in total. The summed E-state index contributed by atoms with van der Waals surface area (Å²) in [6.45, 7) is 4.56. The van der Waals surface area contributed by atoms with E-state index in [9.17, 15) is 19.2 Å². The van der Waals surface area contributed by atoms with Gasteiger partial charge in [-0.1, -0.05) is 20.3 Å². The first-order valence-electron chi connectivity index (χ1n) is 8.20. The van der Waals surface area contributed by atoms with Crippen LogP contribution in [0.15, 0.2) is 24.3 Å². The van der Waals surface area contributed by atoms with Gasteiger partial charge < -0.3 is 20.1 Å². The predicted molar refractivity (Wildman–Crippen MR) is 94.4 cm³/mol. The summed E-state index contributed by atoms with van der Waals surface area (Å²) in [6, 6.07) is 5.25. The van der Waals surface area contributed by atoms with E-state index in [0.29, 0.717) is 12.1 Å². The zero-order chi connectivity index (χ0) is 19.7. The molecule has 0 saturated heterocycles. The molecule has 0 saturated carbocycles. The second kappa shape index (κ2) is 10.2. The standard InChI is InChI=1S/C18H24N2O6/c1-5-11(2)16(18(24)25-4)20-15(22)10-26-17(23)13-6-8-14(9-7-13)19-12(3)21/h6-9,11,16H,5,10H2,1-4H3,(H,19,21)(H,20,22)/t11-,16+/m1/s1. The third-order valence-corrected chi connectivity index (χ3v) is 3.76. The molecule has 26 heavy (non-hydrogen) atoms. The number of nitrogens with one attached hydrogen (secondary N) is 2. The predicted octanol–water partition coefficient (Wildman–Crippen LogP) is 1.51. The molecule has 0 aliphatic carbocycles. The molecule has 0 fully saturated rings. The first-order chi connectivity index (χ1) is 12.3. The van der Waals surface area contributed by atoms with Gasteiger partial charge >= 0.3 is 11.9 Å². The lowest BCUT2D eigenvalue weighted by Crippen LogP contribution is -2.47. The lowest BCUT2D eigenvalue weighted by molar-refractivity contribution is -0.147. The van der Waals surface area contributed by atoms with Crippen LogP contribution in [0.4, 0.5) is 5.69 Å². The summed E-state index contributed by atoms with van der Waals surface area (Å²) in [7, 11) is 1.24. The van der Waals surface area contributed by atoms with Crippen molar-refractivity contribution in [2.75, 3.05) is 19.0 Å². The van der Waals surface area contributed by atoms with Crippen LogP contribution in [0.3, 0.4) is 0 Å². The Kier molecular flexibility index (Phi) is 8.27. The lowest BCUT2D eigenvalue weighted by atomic mass is 9.99. The number of carbonyl (C=O) groups is 4. The molecular formula is C18H24N2O6. The molecule has 0 aromatic heterocycles. The van der Waals surface area contributed by atoms with Gasteiger partial charge in [0.2, 0.25) is 5.91 Å². The molecule has 0 radical (unpaired) electrons. The van der Waals surface area contributed by atoms with Crippen molar-refractivity contribution >= 4 is 29.4 Å². The monoisotopic (exact) mass is 364 g/mol. The van der Waals surface area contributed by atoms with Gasteiger partial charge in [-0.15, -0.1) is 0 Å². The van der Waals surface area contributed by atoms with Crippen LogP contribution in [0.1, 0.15) is 37.6 Å². The molecule has 0 heterocycles. The van der Waals surface area contributed by atoms with Crippen molar-refractivity contribution in [2.45, 2.75) is 33.2 Å². The highest BCUT2D eigenvalue weighted by atomic mass is 16.5. The van der Waals surface area contributed by atoms with Crippen molar-refractivity contribution in [3.63, 3.8) is 0 Å². The van der Waals surface area contributed by atoms with Crippen LogP contribution in [-0.2, 0) is 23.9 Å². The molecule has 2 N–H and O–H groups in total. The second-order valence-corrected chi connectivity index (χ2v) is 5.79. The topological polar surface area (TPSA) is 111 Å². The van der Waals surface area contributed by atoms with Gasteiger partial charge in [0.1, 0.15) is 6.04 Å². The van der Waals surface area contributed by atoms with E-state index < -0.39 is 30.5 Å². The molecular weight excluding hydrogens is 340 g/mol. The third kappa shape index (κ3) is 6.54. The average molecular weight is 364 g/mol. The molecule has 1 rings (SSSR count). The Hall–Kier alpha value is -2.90. The summed E-state index contributed by atoms with van der Waals surface area (Å²) in [5.41, 5.74) is 0.777. The van der Waals surface area contributed by atoms with Crippen LogP contribution in [0.25, 0.3) is 0 Å². The van der Waals surface area contributed by atoms with E-state index in [4.69, 9.17) is 4.74 Å². The molecule has 0 aliphatic rings. The van der Waals surface area contributed by atoms with Gasteiger partial charge in [-0.3, -0.25) is 9.59 Å². The minimum Gasteiger partial charge on any atom is -0.467 e. The van der Waals surface area contributed by atoms with Crippen molar-refractivity contribution in [3.8, 4) is 0 Å². The lowest BCUT2D eigenvalue weighted by Gasteiger charge is -2.21. The van der Waals surface area contributed by atoms with Crippen molar-refractivity contribution in [2.24, 2.45) is 5.92 Å². The van der Waals surface area contributed by atoms with E-state index in [2.05, 4.69) is 15.4 Å². The summed E-state index contributed by atoms with van der Waals surface area (Å²) >= 11 is 0. The van der Waals surface area contributed by atoms with Gasteiger partial charge in [0.15, 0.2) is 6.61 Å². The maximum atomic E-state index is 12.0. The Labute approximate surface area is 152 Å². The molecule has 142 valence electrons. The fraction of sp³-hybridized carbons (Fsp3) is 0.444. The molecule has 1 aromatic rings. The van der Waals surface area contributed by atoms with Crippen molar-refractivity contribution in [1.29, 1.82) is 0 Å². The zero-order valence-corrected chi connectivity index (χ0v) is 15.3. The number of anilines is 1. The summed E-state index contributed by atoms with van der Waals surface area (Å²) in [5.74, 6) is -2.17. The van der Waals surface area contributed by atoms with Crippen LogP contribution < -0.4 is 10.6 Å². The molecule has 2 atom stereocenters. The van der Waals surface area contributed by atoms with Crippen LogP contribution >= 0.6 is 0 Å². The van der Waals surface area contributed by atoms with E-state index in [1.54, 1.807) is 12.1 Å². The maximum absolute atomic E-state index is 12.0. The highest BCUT2D eigenvalue weighted by molar-refractivity contribution is 5.93. The normalized spacial score (nSPS) is 12.5. The number of rotatable bonds is 8. The molecule has 0 spiro atoms. The van der Waals surface area contributed by atoms with Crippen LogP contribution in [-0.4, -0.2) is 43.5 Å². The van der Waals surface area contributed by atoms with E-state index >= 15 is 0 Å².